The highest BCUT2D eigenvalue weighted by Crippen LogP contribution is 2.50. The number of ether oxygens (including phenoxy) is 1. The molecule has 1 unspecified atom stereocenters. The first kappa shape index (κ1) is 25.0. The summed E-state index contributed by atoms with van der Waals surface area (Å²) in [6.45, 7) is 1.91. The van der Waals surface area contributed by atoms with Crippen molar-refractivity contribution < 1.29 is 14.6 Å². The average Bonchev–Trinajstić information content (AvgIpc) is 3.30. The Labute approximate surface area is 208 Å². The number of hydrogen-bond donors (Lipinski definition) is 2. The fourth-order valence-electron chi connectivity index (χ4n) is 5.57. The van der Waals surface area contributed by atoms with Gasteiger partial charge in [-0.3, -0.25) is 4.79 Å². The number of aromatic hydroxyl groups is 1. The molecule has 2 atom stereocenters. The molecule has 0 spiro atoms. The summed E-state index contributed by atoms with van der Waals surface area (Å²) in [4.78, 5) is 14.7. The number of nitrogens with two attached hydrogens (primary N) is 1. The lowest BCUT2D eigenvalue weighted by atomic mass is 9.67. The topological polar surface area (TPSA) is 75.8 Å². The molecule has 4 rings (SSSR count). The summed E-state index contributed by atoms with van der Waals surface area (Å²) in [7, 11) is 2.10. The van der Waals surface area contributed by atoms with Crippen molar-refractivity contribution in [2.75, 3.05) is 26.7 Å². The second-order valence-electron chi connectivity index (χ2n) is 9.70. The molecule has 0 amide bonds. The lowest BCUT2D eigenvalue weighted by Gasteiger charge is -2.39. The van der Waals surface area contributed by atoms with Gasteiger partial charge in [-0.2, -0.15) is 0 Å². The molecule has 0 heterocycles. The maximum absolute atomic E-state index is 12.4. The normalized spacial score (nSPS) is 17.9. The molecular formula is C30H36N2O3. The van der Waals surface area contributed by atoms with Gasteiger partial charge < -0.3 is 20.5 Å². The molecule has 5 heteroatoms. The molecule has 184 valence electrons. The van der Waals surface area contributed by atoms with Crippen LogP contribution in [0.15, 0.2) is 84.9 Å². The van der Waals surface area contributed by atoms with Crippen molar-refractivity contribution in [2.45, 2.75) is 37.1 Å². The third kappa shape index (κ3) is 5.92. The monoisotopic (exact) mass is 472 g/mol. The highest BCUT2D eigenvalue weighted by Gasteiger charge is 2.45. The first-order valence-electron chi connectivity index (χ1n) is 12.5. The Kier molecular flexibility index (Phi) is 8.21. The summed E-state index contributed by atoms with van der Waals surface area (Å²) in [5.74, 6) is 0.277. The zero-order valence-corrected chi connectivity index (χ0v) is 20.5. The van der Waals surface area contributed by atoms with E-state index in [0.717, 1.165) is 18.5 Å². The van der Waals surface area contributed by atoms with E-state index in [1.54, 1.807) is 24.3 Å². The van der Waals surface area contributed by atoms with Gasteiger partial charge in [0.2, 0.25) is 0 Å². The number of rotatable bonds is 10. The van der Waals surface area contributed by atoms with Crippen LogP contribution in [0.25, 0.3) is 0 Å². The van der Waals surface area contributed by atoms with Gasteiger partial charge in [0.1, 0.15) is 18.4 Å². The number of nitrogens with zero attached hydrogens (tertiary/aromatic N) is 1. The molecule has 0 saturated heterocycles. The Bertz CT molecular complexity index is 1030. The summed E-state index contributed by atoms with van der Waals surface area (Å²) in [6, 6.07) is 27.8. The third-order valence-corrected chi connectivity index (χ3v) is 7.34. The standard InChI is InChI=1S/C30H36N2O3/c1-32(19-20-35-29(34)28(31)21-23-14-16-27(33)17-15-23)22-26-13-8-18-30(26,24-9-4-2-5-10-24)25-11-6-3-7-12-25/h2-7,9-12,14-17,26,28,33H,8,13,18-22,31H2,1H3/t26?,28-/m0/s1. The summed E-state index contributed by atoms with van der Waals surface area (Å²) in [5, 5.41) is 9.40. The van der Waals surface area contributed by atoms with Gasteiger partial charge in [0, 0.05) is 18.5 Å². The largest absolute Gasteiger partial charge is 0.508 e. The van der Waals surface area contributed by atoms with Crippen molar-refractivity contribution >= 4 is 5.97 Å². The van der Waals surface area contributed by atoms with Gasteiger partial charge in [-0.1, -0.05) is 79.2 Å². The van der Waals surface area contributed by atoms with Gasteiger partial charge in [0.15, 0.2) is 0 Å². The number of carbonyl (C=O) groups is 1. The molecule has 3 aromatic rings. The molecule has 35 heavy (non-hydrogen) atoms. The lowest BCUT2D eigenvalue weighted by Crippen LogP contribution is -2.40. The third-order valence-electron chi connectivity index (χ3n) is 7.34. The predicted octanol–water partition coefficient (Wildman–Crippen LogP) is 4.52. The summed E-state index contributed by atoms with van der Waals surface area (Å²) >= 11 is 0. The minimum Gasteiger partial charge on any atom is -0.508 e. The number of esters is 1. The molecular weight excluding hydrogens is 436 g/mol. The van der Waals surface area contributed by atoms with E-state index in [0.29, 0.717) is 25.5 Å². The van der Waals surface area contributed by atoms with Gasteiger partial charge >= 0.3 is 5.97 Å². The molecule has 1 aliphatic carbocycles. The van der Waals surface area contributed by atoms with Crippen molar-refractivity contribution in [2.24, 2.45) is 11.7 Å². The average molecular weight is 473 g/mol. The molecule has 1 saturated carbocycles. The summed E-state index contributed by atoms with van der Waals surface area (Å²) in [5.41, 5.74) is 9.71. The Morgan fingerprint density at radius 1 is 1.03 bits per heavy atom. The van der Waals surface area contributed by atoms with E-state index < -0.39 is 12.0 Å². The zero-order chi connectivity index (χ0) is 24.7. The van der Waals surface area contributed by atoms with Gasteiger partial charge in [0.05, 0.1) is 0 Å². The smallest absolute Gasteiger partial charge is 0.323 e. The number of hydrogen-bond acceptors (Lipinski definition) is 5. The second kappa shape index (κ2) is 11.5. The Hall–Kier alpha value is -3.15. The van der Waals surface area contributed by atoms with E-state index in [9.17, 15) is 9.90 Å². The van der Waals surface area contributed by atoms with Crippen LogP contribution in [0.2, 0.25) is 0 Å². The van der Waals surface area contributed by atoms with E-state index in [-0.39, 0.29) is 11.2 Å². The molecule has 0 bridgehead atoms. The summed E-state index contributed by atoms with van der Waals surface area (Å²) < 4.78 is 5.50. The van der Waals surface area contributed by atoms with Crippen molar-refractivity contribution in [3.05, 3.63) is 102 Å². The first-order chi connectivity index (χ1) is 17.0. The highest BCUT2D eigenvalue weighted by atomic mass is 16.5. The highest BCUT2D eigenvalue weighted by molar-refractivity contribution is 5.75. The van der Waals surface area contributed by atoms with E-state index in [1.807, 2.05) is 0 Å². The van der Waals surface area contributed by atoms with Gasteiger partial charge in [-0.15, -0.1) is 0 Å². The number of phenols is 1. The van der Waals surface area contributed by atoms with Crippen LogP contribution < -0.4 is 5.73 Å². The van der Waals surface area contributed by atoms with Crippen LogP contribution in [-0.4, -0.2) is 48.8 Å². The number of likely N-dealkylation sites (N-methyl/N-ethyl adjacent to an activating group) is 1. The van der Waals surface area contributed by atoms with Crippen LogP contribution in [0.1, 0.15) is 36.0 Å². The quantitative estimate of drug-likeness (QED) is 0.424. The molecule has 1 fully saturated rings. The molecule has 0 radical (unpaired) electrons. The molecule has 0 aliphatic heterocycles. The van der Waals surface area contributed by atoms with Crippen molar-refractivity contribution in [1.29, 1.82) is 0 Å². The number of carbonyl (C=O) groups excluding carboxylic acids is 1. The fraction of sp³-hybridized carbons (Fsp3) is 0.367. The van der Waals surface area contributed by atoms with E-state index >= 15 is 0 Å². The van der Waals surface area contributed by atoms with Gasteiger partial charge in [0.25, 0.3) is 0 Å². The van der Waals surface area contributed by atoms with Crippen LogP contribution in [-0.2, 0) is 21.4 Å². The Balaban J connectivity index is 1.35. The molecule has 5 nitrogen and oxygen atoms in total. The van der Waals surface area contributed by atoms with E-state index in [1.165, 1.54) is 24.0 Å². The molecule has 3 N–H and O–H groups in total. The Morgan fingerprint density at radius 2 is 1.63 bits per heavy atom. The minimum atomic E-state index is -0.719. The van der Waals surface area contributed by atoms with E-state index in [2.05, 4.69) is 72.6 Å². The SMILES string of the molecule is CN(CCOC(=O)[C@@H](N)Cc1ccc(O)cc1)CC1CCCC1(c1ccccc1)c1ccccc1. The predicted molar refractivity (Wildman–Crippen MR) is 139 cm³/mol. The van der Waals surface area contributed by atoms with Gasteiger partial charge in [-0.05, 0) is 61.1 Å². The first-order valence-corrected chi connectivity index (χ1v) is 12.5. The van der Waals surface area contributed by atoms with E-state index in [4.69, 9.17) is 10.5 Å². The maximum atomic E-state index is 12.4. The van der Waals surface area contributed by atoms with Crippen LogP contribution in [0.3, 0.4) is 0 Å². The lowest BCUT2D eigenvalue weighted by molar-refractivity contribution is -0.145. The van der Waals surface area contributed by atoms with Gasteiger partial charge in [-0.25, -0.2) is 0 Å². The molecule has 1 aliphatic rings. The molecule has 0 aromatic heterocycles. The van der Waals surface area contributed by atoms with Crippen molar-refractivity contribution in [3.8, 4) is 5.75 Å². The van der Waals surface area contributed by atoms with Crippen LogP contribution in [0.4, 0.5) is 0 Å². The van der Waals surface area contributed by atoms with Crippen LogP contribution in [0.5, 0.6) is 5.75 Å². The minimum absolute atomic E-state index is 0.0000709. The van der Waals surface area contributed by atoms with Crippen LogP contribution in [0, 0.1) is 5.92 Å². The van der Waals surface area contributed by atoms with Crippen molar-refractivity contribution in [3.63, 3.8) is 0 Å². The van der Waals surface area contributed by atoms with Crippen molar-refractivity contribution in [1.82, 2.24) is 4.90 Å². The van der Waals surface area contributed by atoms with Crippen LogP contribution >= 0.6 is 0 Å². The fourth-order valence-corrected chi connectivity index (χ4v) is 5.57. The summed E-state index contributed by atoms with van der Waals surface area (Å²) in [6.07, 6.45) is 3.89. The number of benzene rings is 3. The zero-order valence-electron chi connectivity index (χ0n) is 20.5. The molecule has 3 aromatic carbocycles. The second-order valence-corrected chi connectivity index (χ2v) is 9.70. The maximum Gasteiger partial charge on any atom is 0.323 e. The number of phenolic OH excluding ortho intramolecular Hbond substituents is 1. The Morgan fingerprint density at radius 3 is 2.23 bits per heavy atom.